The van der Waals surface area contributed by atoms with E-state index in [9.17, 15) is 23.1 Å². The van der Waals surface area contributed by atoms with Crippen LogP contribution in [0.1, 0.15) is 106 Å². The molecule has 2 heterocycles. The smallest absolute Gasteiger partial charge is 0.394 e. The Bertz CT molecular complexity index is 2100. The van der Waals surface area contributed by atoms with Crippen LogP contribution in [-0.2, 0) is 36.7 Å². The summed E-state index contributed by atoms with van der Waals surface area (Å²) in [4.78, 5) is 16.6. The number of thiophene rings is 1. The molecule has 2 aromatic heterocycles. The van der Waals surface area contributed by atoms with E-state index in [0.717, 1.165) is 60.8 Å². The summed E-state index contributed by atoms with van der Waals surface area (Å²) in [5, 5.41) is 14.2. The minimum absolute atomic E-state index is 0. The van der Waals surface area contributed by atoms with Gasteiger partial charge in [0.2, 0.25) is 0 Å². The minimum atomic E-state index is -4.26. The van der Waals surface area contributed by atoms with Crippen LogP contribution in [0, 0.1) is 29.2 Å². The number of aryl methyl sites for hydroxylation is 1. The molecule has 0 spiro atoms. The first kappa shape index (κ1) is 43.3. The van der Waals surface area contributed by atoms with Crippen molar-refractivity contribution in [3.8, 4) is 11.3 Å². The molecule has 0 amide bonds. The SMILES string of the molecule is CCC(C)(C)C(=O)/C=C(\O)C(C)(C)CC.Cc1c(CC(C)(C)C(F)(F)F)ccc2c1sc1c(-c3[c-]c4ccccc4c(C(C)(C)C)c3)nccc12.[Ir]. The number of aromatic nitrogens is 1. The number of carbonyl (C=O) groups is 1. The average Bonchev–Trinajstić information content (AvgIpc) is 3.44. The standard InChI is InChI=1S/C31H29F3NS.C13H24O2.Ir/c1-18-20(17-30(5,6)31(32,33)34)11-12-23-24-13-14-35-26(28(24)36-27(18)23)21-15-19-9-7-8-10-22(19)25(16-21)29(2,3)4;1-7-12(3,4)10(14)9-11(15)13(5,6)8-2;/h7-14,16H,17H2,1-6H3;9,14H,7-8H2,1-6H3;/q-1;;/b;10-9-;. The fourth-order valence-electron chi connectivity index (χ4n) is 5.75. The first-order valence-corrected chi connectivity index (χ1v) is 18.5. The monoisotopic (exact) mass is 909 g/mol. The number of hydrogen-bond acceptors (Lipinski definition) is 4. The Morgan fingerprint density at radius 2 is 1.44 bits per heavy atom. The molecule has 0 aliphatic rings. The van der Waals surface area contributed by atoms with E-state index in [2.05, 4.69) is 51.1 Å². The molecule has 52 heavy (non-hydrogen) atoms. The first-order chi connectivity index (χ1) is 23.4. The molecule has 8 heteroatoms. The minimum Gasteiger partial charge on any atom is -0.512 e. The number of ketones is 1. The maximum atomic E-state index is 13.6. The van der Waals surface area contributed by atoms with Gasteiger partial charge >= 0.3 is 6.18 Å². The molecule has 0 atom stereocenters. The number of halogens is 3. The number of rotatable bonds is 8. The van der Waals surface area contributed by atoms with Gasteiger partial charge in [0.15, 0.2) is 5.78 Å². The molecule has 1 radical (unpaired) electrons. The van der Waals surface area contributed by atoms with Crippen LogP contribution in [0.3, 0.4) is 0 Å². The van der Waals surface area contributed by atoms with Gasteiger partial charge in [-0.3, -0.25) is 9.78 Å². The van der Waals surface area contributed by atoms with Crippen molar-refractivity contribution in [3.05, 3.63) is 89.3 Å². The van der Waals surface area contributed by atoms with E-state index in [4.69, 9.17) is 4.98 Å². The van der Waals surface area contributed by atoms with Crippen molar-refractivity contribution in [1.29, 1.82) is 0 Å². The third-order valence-corrected chi connectivity index (χ3v) is 11.9. The second kappa shape index (κ2) is 15.7. The summed E-state index contributed by atoms with van der Waals surface area (Å²) in [6.07, 6.45) is 0.497. The second-order valence-corrected chi connectivity index (χ2v) is 17.7. The molecule has 0 saturated heterocycles. The third kappa shape index (κ3) is 9.00. The molecule has 0 bridgehead atoms. The maximum Gasteiger partial charge on any atom is 0.394 e. The zero-order valence-electron chi connectivity index (χ0n) is 32.6. The molecule has 0 fully saturated rings. The topological polar surface area (TPSA) is 50.2 Å². The van der Waals surface area contributed by atoms with E-state index in [-0.39, 0.29) is 54.3 Å². The largest absolute Gasteiger partial charge is 0.512 e. The number of carbonyl (C=O) groups excluding carboxylic acids is 1. The molecular weight excluding hydrogens is 856 g/mol. The summed E-state index contributed by atoms with van der Waals surface area (Å²) in [5.41, 5.74) is 2.14. The molecule has 5 aromatic rings. The van der Waals surface area contributed by atoms with E-state index in [1.165, 1.54) is 30.9 Å². The van der Waals surface area contributed by atoms with Gasteiger partial charge in [-0.15, -0.1) is 40.5 Å². The van der Waals surface area contributed by atoms with E-state index in [0.29, 0.717) is 0 Å². The molecule has 1 N–H and O–H groups in total. The van der Waals surface area contributed by atoms with Crippen LogP contribution in [0.25, 0.3) is 42.2 Å². The molecule has 5 rings (SSSR count). The van der Waals surface area contributed by atoms with Gasteiger partial charge in [0, 0.05) is 63.7 Å². The van der Waals surface area contributed by atoms with Gasteiger partial charge < -0.3 is 5.11 Å². The van der Waals surface area contributed by atoms with Crippen molar-refractivity contribution in [3.63, 3.8) is 0 Å². The number of benzene rings is 3. The molecule has 3 aromatic carbocycles. The van der Waals surface area contributed by atoms with Crippen molar-refractivity contribution in [1.82, 2.24) is 4.98 Å². The van der Waals surface area contributed by atoms with Gasteiger partial charge in [-0.2, -0.15) is 13.2 Å². The quantitative estimate of drug-likeness (QED) is 0.0959. The van der Waals surface area contributed by atoms with Crippen LogP contribution >= 0.6 is 11.3 Å². The molecule has 0 aliphatic heterocycles. The molecular formula is C44H53F3IrNO2S-. The van der Waals surface area contributed by atoms with E-state index >= 15 is 0 Å². The number of allylic oxidation sites excluding steroid dienone is 2. The van der Waals surface area contributed by atoms with Gasteiger partial charge in [-0.1, -0.05) is 117 Å². The van der Waals surface area contributed by atoms with Gasteiger partial charge in [-0.05, 0) is 54.2 Å². The summed E-state index contributed by atoms with van der Waals surface area (Å²) >= 11 is 1.61. The Kier molecular flexibility index (Phi) is 13.1. The molecule has 3 nitrogen and oxygen atoms in total. The van der Waals surface area contributed by atoms with Crippen LogP contribution in [0.4, 0.5) is 13.2 Å². The first-order valence-electron chi connectivity index (χ1n) is 17.7. The number of aliphatic hydroxyl groups excluding tert-OH is 1. The third-order valence-electron chi connectivity index (χ3n) is 10.6. The summed E-state index contributed by atoms with van der Waals surface area (Å²) in [5.74, 6) is 0.195. The van der Waals surface area contributed by atoms with Crippen molar-refractivity contribution in [2.75, 3.05) is 0 Å². The number of pyridine rings is 1. The summed E-state index contributed by atoms with van der Waals surface area (Å²) < 4.78 is 42.8. The number of nitrogens with zero attached hydrogens (tertiary/aromatic N) is 1. The summed E-state index contributed by atoms with van der Waals surface area (Å²) in [6, 6.07) is 19.9. The molecule has 0 unspecified atom stereocenters. The Morgan fingerprint density at radius 1 is 0.846 bits per heavy atom. The molecule has 283 valence electrons. The van der Waals surface area contributed by atoms with Crippen LogP contribution in [0.2, 0.25) is 0 Å². The van der Waals surface area contributed by atoms with Gasteiger partial charge in [0.05, 0.1) is 5.41 Å². The fraction of sp³-hybridized carbons (Fsp3) is 0.455. The molecule has 0 saturated carbocycles. The number of alkyl halides is 3. The van der Waals surface area contributed by atoms with Crippen LogP contribution in [-0.4, -0.2) is 22.1 Å². The zero-order chi connectivity index (χ0) is 38.3. The van der Waals surface area contributed by atoms with Crippen molar-refractivity contribution >= 4 is 48.1 Å². The van der Waals surface area contributed by atoms with Gasteiger partial charge in [-0.25, -0.2) is 0 Å². The van der Waals surface area contributed by atoms with Crippen molar-refractivity contribution in [2.24, 2.45) is 16.2 Å². The van der Waals surface area contributed by atoms with Gasteiger partial charge in [0.25, 0.3) is 0 Å². The van der Waals surface area contributed by atoms with Crippen LogP contribution in [0.15, 0.2) is 66.6 Å². The van der Waals surface area contributed by atoms with Gasteiger partial charge in [0.1, 0.15) is 5.76 Å². The maximum absolute atomic E-state index is 13.6. The fourth-order valence-corrected chi connectivity index (χ4v) is 7.07. The predicted molar refractivity (Wildman–Crippen MR) is 210 cm³/mol. The summed E-state index contributed by atoms with van der Waals surface area (Å²) in [6.45, 7) is 22.8. The van der Waals surface area contributed by atoms with Crippen molar-refractivity contribution in [2.45, 2.75) is 114 Å². The Morgan fingerprint density at radius 3 is 2.02 bits per heavy atom. The van der Waals surface area contributed by atoms with E-state index in [1.54, 1.807) is 11.3 Å². The summed E-state index contributed by atoms with van der Waals surface area (Å²) in [7, 11) is 0. The second-order valence-electron chi connectivity index (χ2n) is 16.7. The number of fused-ring (bicyclic) bond motifs is 4. The Labute approximate surface area is 325 Å². The Balaban J connectivity index is 0.000000389. The van der Waals surface area contributed by atoms with E-state index < -0.39 is 11.6 Å². The van der Waals surface area contributed by atoms with Crippen molar-refractivity contribution < 1.29 is 43.2 Å². The number of aliphatic hydroxyl groups is 1. The van der Waals surface area contributed by atoms with E-state index in [1.807, 2.05) is 78.9 Å². The predicted octanol–water partition coefficient (Wildman–Crippen LogP) is 13.7. The normalized spacial score (nSPS) is 13.2. The average molecular weight is 909 g/mol. The zero-order valence-corrected chi connectivity index (χ0v) is 35.8. The van der Waals surface area contributed by atoms with Crippen LogP contribution in [0.5, 0.6) is 0 Å². The van der Waals surface area contributed by atoms with Crippen LogP contribution < -0.4 is 0 Å². The number of hydrogen-bond donors (Lipinski definition) is 1. The Hall–Kier alpha value is -3.06. The molecule has 0 aliphatic carbocycles.